The first kappa shape index (κ1) is 19.6. The molecular formula is C22H19Cl2N3O2. The average molecular weight is 428 g/mol. The van der Waals surface area contributed by atoms with Crippen LogP contribution in [0.1, 0.15) is 27.3 Å². The highest BCUT2D eigenvalue weighted by molar-refractivity contribution is 6.31. The third-order valence-electron chi connectivity index (χ3n) is 4.92. The van der Waals surface area contributed by atoms with Crippen molar-refractivity contribution in [3.8, 4) is 11.3 Å². The van der Waals surface area contributed by atoms with E-state index in [4.69, 9.17) is 27.7 Å². The molecule has 2 N–H and O–H groups in total. The number of hydrogen-bond acceptors (Lipinski definition) is 3. The molecule has 0 atom stereocenters. The fourth-order valence-electron chi connectivity index (χ4n) is 3.46. The minimum absolute atomic E-state index is 0.240. The fraction of sp³-hybridized carbons (Fsp3) is 0.182. The van der Waals surface area contributed by atoms with Crippen molar-refractivity contribution in [3.63, 3.8) is 0 Å². The quantitative estimate of drug-likeness (QED) is 0.427. The lowest BCUT2D eigenvalue weighted by Crippen LogP contribution is -2.26. The second-order valence-corrected chi connectivity index (χ2v) is 7.84. The highest BCUT2D eigenvalue weighted by Gasteiger charge is 2.15. The number of fused-ring (bicyclic) bond motifs is 1. The molecule has 2 aromatic heterocycles. The SMILES string of the molecule is Cc1[nH]c2c(C)cc(Cl)cc2c1CCNC(=O)c1cc(-c2ccc(Cl)cc2)on1. The third-order valence-corrected chi connectivity index (χ3v) is 5.39. The van der Waals surface area contributed by atoms with Crippen molar-refractivity contribution in [3.05, 3.63) is 75.0 Å². The number of hydrogen-bond donors (Lipinski definition) is 2. The van der Waals surface area contributed by atoms with Crippen LogP contribution in [0.2, 0.25) is 10.0 Å². The number of nitrogens with zero attached hydrogens (tertiary/aromatic N) is 1. The summed E-state index contributed by atoms with van der Waals surface area (Å²) in [4.78, 5) is 15.9. The van der Waals surface area contributed by atoms with Crippen molar-refractivity contribution in [2.75, 3.05) is 6.54 Å². The van der Waals surface area contributed by atoms with Crippen LogP contribution in [0.4, 0.5) is 0 Å². The minimum Gasteiger partial charge on any atom is -0.358 e. The van der Waals surface area contributed by atoms with Crippen LogP contribution < -0.4 is 5.32 Å². The zero-order chi connectivity index (χ0) is 20.5. The topological polar surface area (TPSA) is 70.9 Å². The Morgan fingerprint density at radius 3 is 2.62 bits per heavy atom. The Morgan fingerprint density at radius 2 is 1.86 bits per heavy atom. The maximum Gasteiger partial charge on any atom is 0.273 e. The highest BCUT2D eigenvalue weighted by Crippen LogP contribution is 2.28. The smallest absolute Gasteiger partial charge is 0.273 e. The van der Waals surface area contributed by atoms with Gasteiger partial charge in [0.25, 0.3) is 5.91 Å². The maximum absolute atomic E-state index is 12.4. The van der Waals surface area contributed by atoms with E-state index in [1.54, 1.807) is 18.2 Å². The Labute approximate surface area is 178 Å². The van der Waals surface area contributed by atoms with Crippen LogP contribution in [0.15, 0.2) is 47.0 Å². The number of aromatic nitrogens is 2. The first-order valence-electron chi connectivity index (χ1n) is 9.20. The molecule has 148 valence electrons. The van der Waals surface area contributed by atoms with Gasteiger partial charge in [-0.1, -0.05) is 28.4 Å². The summed E-state index contributed by atoms with van der Waals surface area (Å²) < 4.78 is 5.29. The lowest BCUT2D eigenvalue weighted by Gasteiger charge is -2.04. The number of aryl methyl sites for hydroxylation is 2. The molecule has 0 saturated carbocycles. The van der Waals surface area contributed by atoms with Crippen LogP contribution in [0.25, 0.3) is 22.2 Å². The van der Waals surface area contributed by atoms with Crippen LogP contribution in [-0.2, 0) is 6.42 Å². The van der Waals surface area contributed by atoms with E-state index in [9.17, 15) is 4.79 Å². The lowest BCUT2D eigenvalue weighted by molar-refractivity contribution is 0.0945. The molecule has 4 rings (SSSR count). The van der Waals surface area contributed by atoms with Crippen molar-refractivity contribution in [2.45, 2.75) is 20.3 Å². The van der Waals surface area contributed by atoms with Gasteiger partial charge < -0.3 is 14.8 Å². The molecule has 1 amide bonds. The van der Waals surface area contributed by atoms with E-state index < -0.39 is 0 Å². The van der Waals surface area contributed by atoms with Crippen LogP contribution >= 0.6 is 23.2 Å². The van der Waals surface area contributed by atoms with Crippen molar-refractivity contribution in [2.24, 2.45) is 0 Å². The fourth-order valence-corrected chi connectivity index (χ4v) is 3.86. The predicted octanol–water partition coefficient (Wildman–Crippen LogP) is 5.72. The number of benzene rings is 2. The number of halogens is 2. The monoisotopic (exact) mass is 427 g/mol. The normalized spacial score (nSPS) is 11.2. The summed E-state index contributed by atoms with van der Waals surface area (Å²) in [5, 5.41) is 9.21. The number of carbonyl (C=O) groups is 1. The molecule has 4 aromatic rings. The number of nitrogens with one attached hydrogen (secondary N) is 2. The minimum atomic E-state index is -0.277. The summed E-state index contributed by atoms with van der Waals surface area (Å²) in [6.07, 6.45) is 0.680. The summed E-state index contributed by atoms with van der Waals surface area (Å²) in [6.45, 7) is 4.53. The largest absolute Gasteiger partial charge is 0.358 e. The van der Waals surface area contributed by atoms with E-state index >= 15 is 0 Å². The molecule has 0 aliphatic rings. The van der Waals surface area contributed by atoms with Gasteiger partial charge in [0.15, 0.2) is 11.5 Å². The molecular weight excluding hydrogens is 409 g/mol. The molecule has 0 bridgehead atoms. The van der Waals surface area contributed by atoms with Gasteiger partial charge in [0, 0.05) is 44.8 Å². The van der Waals surface area contributed by atoms with Crippen LogP contribution in [0.3, 0.4) is 0 Å². The zero-order valence-electron chi connectivity index (χ0n) is 16.0. The van der Waals surface area contributed by atoms with Crippen LogP contribution in [0.5, 0.6) is 0 Å². The Morgan fingerprint density at radius 1 is 1.10 bits per heavy atom. The zero-order valence-corrected chi connectivity index (χ0v) is 17.5. The summed E-state index contributed by atoms with van der Waals surface area (Å²) in [7, 11) is 0. The van der Waals surface area contributed by atoms with Crippen molar-refractivity contribution < 1.29 is 9.32 Å². The second-order valence-electron chi connectivity index (χ2n) is 6.96. The summed E-state index contributed by atoms with van der Waals surface area (Å²) in [6, 6.07) is 12.7. The molecule has 2 aromatic carbocycles. The molecule has 0 saturated heterocycles. The molecule has 0 spiro atoms. The van der Waals surface area contributed by atoms with E-state index in [1.165, 1.54) is 0 Å². The number of aromatic amines is 1. The van der Waals surface area contributed by atoms with Gasteiger partial charge in [0.1, 0.15) is 0 Å². The summed E-state index contributed by atoms with van der Waals surface area (Å²) >= 11 is 12.1. The molecule has 0 unspecified atom stereocenters. The lowest BCUT2D eigenvalue weighted by atomic mass is 10.1. The standard InChI is InChI=1S/C22H19Cl2N3O2/c1-12-9-16(24)10-18-17(13(2)26-21(12)18)7-8-25-22(28)19-11-20(29-27-19)14-3-5-15(23)6-4-14/h3-6,9-11,26H,7-8H2,1-2H3,(H,25,28). The van der Waals surface area contributed by atoms with Gasteiger partial charge in [-0.3, -0.25) is 4.79 Å². The van der Waals surface area contributed by atoms with E-state index in [-0.39, 0.29) is 11.6 Å². The molecule has 0 aliphatic carbocycles. The van der Waals surface area contributed by atoms with Gasteiger partial charge in [-0.2, -0.15) is 0 Å². The Bertz CT molecular complexity index is 1190. The van der Waals surface area contributed by atoms with E-state index in [0.29, 0.717) is 28.8 Å². The van der Waals surface area contributed by atoms with Crippen molar-refractivity contribution >= 4 is 40.0 Å². The Hall–Kier alpha value is -2.76. The van der Waals surface area contributed by atoms with Gasteiger partial charge in [0.05, 0.1) is 0 Å². The Kier molecular flexibility index (Phi) is 5.35. The first-order chi connectivity index (χ1) is 13.9. The van der Waals surface area contributed by atoms with Crippen LogP contribution in [0, 0.1) is 13.8 Å². The van der Waals surface area contributed by atoms with Gasteiger partial charge in [0.2, 0.25) is 0 Å². The van der Waals surface area contributed by atoms with E-state index in [0.717, 1.165) is 33.3 Å². The summed E-state index contributed by atoms with van der Waals surface area (Å²) in [5.41, 5.74) is 5.45. The average Bonchev–Trinajstić information content (AvgIpc) is 3.29. The number of rotatable bonds is 5. The van der Waals surface area contributed by atoms with Gasteiger partial charge >= 0.3 is 0 Å². The van der Waals surface area contributed by atoms with E-state index in [1.807, 2.05) is 38.1 Å². The van der Waals surface area contributed by atoms with Gasteiger partial charge in [-0.15, -0.1) is 0 Å². The van der Waals surface area contributed by atoms with Crippen LogP contribution in [-0.4, -0.2) is 22.6 Å². The molecule has 29 heavy (non-hydrogen) atoms. The van der Waals surface area contributed by atoms with Crippen molar-refractivity contribution in [1.82, 2.24) is 15.5 Å². The number of H-pyrrole nitrogens is 1. The van der Waals surface area contributed by atoms with Crippen molar-refractivity contribution in [1.29, 1.82) is 0 Å². The van der Waals surface area contributed by atoms with Gasteiger partial charge in [-0.25, -0.2) is 0 Å². The summed E-state index contributed by atoms with van der Waals surface area (Å²) in [5.74, 6) is 0.241. The Balaban J connectivity index is 1.44. The molecule has 5 nitrogen and oxygen atoms in total. The molecule has 0 aliphatic heterocycles. The second kappa shape index (κ2) is 7.93. The highest BCUT2D eigenvalue weighted by atomic mass is 35.5. The maximum atomic E-state index is 12.4. The van der Waals surface area contributed by atoms with Gasteiger partial charge in [-0.05, 0) is 67.8 Å². The number of amides is 1. The number of carbonyl (C=O) groups excluding carboxylic acids is 1. The first-order valence-corrected chi connectivity index (χ1v) is 9.96. The van der Waals surface area contributed by atoms with E-state index in [2.05, 4.69) is 15.5 Å². The molecule has 7 heteroatoms. The third kappa shape index (κ3) is 4.02. The molecule has 0 radical (unpaired) electrons. The molecule has 0 fully saturated rings. The predicted molar refractivity (Wildman–Crippen MR) is 116 cm³/mol. The molecule has 2 heterocycles.